The maximum Gasteiger partial charge on any atom is 0.135 e. The van der Waals surface area contributed by atoms with E-state index in [-0.39, 0.29) is 37.3 Å². The molecule has 3 heterocycles. The molecule has 0 N–H and O–H groups in total. The van der Waals surface area contributed by atoms with E-state index < -0.39 is 5.41 Å². The Hall–Kier alpha value is -9.54. The Labute approximate surface area is 555 Å². The van der Waals surface area contributed by atoms with Gasteiger partial charge in [0.2, 0.25) is 0 Å². The Morgan fingerprint density at radius 2 is 0.989 bits per heavy atom. The molecule has 0 saturated heterocycles. The molecule has 1 aliphatic heterocycles. The summed E-state index contributed by atoms with van der Waals surface area (Å²) in [6.07, 6.45) is 2.89. The van der Waals surface area contributed by atoms with E-state index in [4.69, 9.17) is 9.72 Å². The van der Waals surface area contributed by atoms with Gasteiger partial charge in [-0.05, 0) is 142 Å². The summed E-state index contributed by atoms with van der Waals surface area (Å²) >= 11 is 0. The van der Waals surface area contributed by atoms with Crippen molar-refractivity contribution in [1.82, 2.24) is 9.55 Å². The van der Waals surface area contributed by atoms with Crippen molar-refractivity contribution in [2.45, 2.75) is 90.4 Å². The molecule has 0 saturated carbocycles. The van der Waals surface area contributed by atoms with Gasteiger partial charge in [0.25, 0.3) is 0 Å². The van der Waals surface area contributed by atoms with Crippen molar-refractivity contribution >= 4 is 44.6 Å². The Balaban J connectivity index is 0.00000702. The molecule has 0 unspecified atom stereocenters. The van der Waals surface area contributed by atoms with E-state index in [9.17, 15) is 0 Å². The number of para-hydroxylation sites is 4. The minimum atomic E-state index is -0.454. The van der Waals surface area contributed by atoms with Crippen LogP contribution in [0.2, 0.25) is 0 Å². The molecule has 0 bridgehead atoms. The van der Waals surface area contributed by atoms with Gasteiger partial charge in [0.1, 0.15) is 5.82 Å². The molecule has 3 aliphatic rings. The first-order chi connectivity index (χ1) is 44.0. The third-order valence-corrected chi connectivity index (χ3v) is 19.3. The summed E-state index contributed by atoms with van der Waals surface area (Å²) in [6, 6.07) is 97.0. The molecule has 6 heteroatoms. The third-order valence-electron chi connectivity index (χ3n) is 19.3. The topological polar surface area (TPSA) is 33.5 Å². The molecule has 2 aliphatic carbocycles. The van der Waals surface area contributed by atoms with E-state index in [1.54, 1.807) is 0 Å². The second kappa shape index (κ2) is 22.1. The molecular weight excluding hydrogens is 1300 g/mol. The monoisotopic (exact) mass is 1370 g/mol. The van der Waals surface area contributed by atoms with E-state index in [1.165, 1.54) is 66.8 Å². The number of benzene rings is 11. The fraction of sp³-hybridized carbons (Fsp3) is 0.163. The van der Waals surface area contributed by atoms with Crippen LogP contribution in [0.5, 0.6) is 11.5 Å². The molecule has 5 nitrogen and oxygen atoms in total. The summed E-state index contributed by atoms with van der Waals surface area (Å²) in [5.41, 5.74) is 26.9. The van der Waals surface area contributed by atoms with E-state index in [2.05, 4.69) is 326 Å². The fourth-order valence-corrected chi connectivity index (χ4v) is 14.6. The number of nitrogens with zero attached hydrogens (tertiary/aromatic N) is 4. The van der Waals surface area contributed by atoms with Crippen LogP contribution in [-0.2, 0) is 49.1 Å². The third kappa shape index (κ3) is 9.65. The predicted molar refractivity (Wildman–Crippen MR) is 377 cm³/mol. The first-order valence-electron chi connectivity index (χ1n) is 32.0. The number of rotatable bonds is 8. The maximum absolute atomic E-state index is 6.86. The second-order valence-corrected chi connectivity index (χ2v) is 28.1. The van der Waals surface area contributed by atoms with Gasteiger partial charge in [0, 0.05) is 78.0 Å². The van der Waals surface area contributed by atoms with Crippen molar-refractivity contribution in [2.24, 2.45) is 0 Å². The van der Waals surface area contributed by atoms with Crippen molar-refractivity contribution in [2.75, 3.05) is 9.80 Å². The molecule has 0 radical (unpaired) electrons. The summed E-state index contributed by atoms with van der Waals surface area (Å²) < 4.78 is 9.05. The van der Waals surface area contributed by atoms with Gasteiger partial charge < -0.3 is 19.1 Å². The van der Waals surface area contributed by atoms with Crippen molar-refractivity contribution in [3.63, 3.8) is 0 Å². The van der Waals surface area contributed by atoms with Gasteiger partial charge in [-0.15, -0.1) is 48.1 Å². The van der Waals surface area contributed by atoms with Gasteiger partial charge in [-0.2, -0.15) is 12.1 Å². The fourth-order valence-electron chi connectivity index (χ4n) is 14.6. The Kier molecular flexibility index (Phi) is 14.1. The molecule has 2 aromatic heterocycles. The minimum Gasteiger partial charge on any atom is -0.509 e. The zero-order valence-corrected chi connectivity index (χ0v) is 55.7. The van der Waals surface area contributed by atoms with Crippen LogP contribution >= 0.6 is 0 Å². The Morgan fingerprint density at radius 3 is 1.67 bits per heavy atom. The van der Waals surface area contributed by atoms with Crippen LogP contribution in [0.15, 0.2) is 249 Å². The first-order valence-corrected chi connectivity index (χ1v) is 32.0. The molecule has 11 aromatic carbocycles. The summed E-state index contributed by atoms with van der Waals surface area (Å²) in [6.45, 7) is 22.9. The molecular formula is C86H71N4OPt-3. The summed E-state index contributed by atoms with van der Waals surface area (Å²) in [5, 5.41) is 2.19. The van der Waals surface area contributed by atoms with Crippen LogP contribution in [-0.4, -0.2) is 9.55 Å². The Bertz CT molecular complexity index is 4970. The van der Waals surface area contributed by atoms with Gasteiger partial charge in [-0.25, -0.2) is 4.98 Å². The SMILES string of the molecule is CC(C)(C)c1ccc(-c2ccc(-n3c4[c-]c(Oc5[c-]c(N6[CH-]N(c7c(-c8cc(C(C)(C)C)cc(C(C)(C)C)c8)cccc7-c7ccc8c(c7)-c7ccccc7C87c8ccccc8Cc8ccccc87)c7ccccc76)ccc5)ccc4c4ccccc43)nc2)cc1.[Pt]. The van der Waals surface area contributed by atoms with E-state index in [1.807, 2.05) is 18.3 Å². The summed E-state index contributed by atoms with van der Waals surface area (Å²) in [5.74, 6) is 1.97. The molecule has 0 atom stereocenters. The van der Waals surface area contributed by atoms with Crippen molar-refractivity contribution < 1.29 is 25.8 Å². The van der Waals surface area contributed by atoms with Crippen LogP contribution in [0.25, 0.3) is 72.1 Å². The van der Waals surface area contributed by atoms with Crippen LogP contribution in [0.3, 0.4) is 0 Å². The largest absolute Gasteiger partial charge is 0.509 e. The quantitative estimate of drug-likeness (QED) is 0.142. The van der Waals surface area contributed by atoms with E-state index in [0.717, 1.165) is 84.6 Å². The van der Waals surface area contributed by atoms with Crippen molar-refractivity contribution in [3.05, 3.63) is 318 Å². The smallest absolute Gasteiger partial charge is 0.135 e. The number of anilines is 4. The zero-order chi connectivity index (χ0) is 62.1. The molecule has 13 aromatic rings. The van der Waals surface area contributed by atoms with Crippen LogP contribution in [0.1, 0.15) is 112 Å². The molecule has 1 spiro atoms. The molecule has 454 valence electrons. The van der Waals surface area contributed by atoms with Crippen LogP contribution in [0, 0.1) is 18.8 Å². The predicted octanol–water partition coefficient (Wildman–Crippen LogP) is 22.1. The maximum atomic E-state index is 6.86. The van der Waals surface area contributed by atoms with E-state index >= 15 is 0 Å². The first kappa shape index (κ1) is 58.8. The molecule has 0 fully saturated rings. The van der Waals surface area contributed by atoms with Crippen molar-refractivity contribution in [3.8, 4) is 61.8 Å². The van der Waals surface area contributed by atoms with Gasteiger partial charge >= 0.3 is 0 Å². The number of hydrogen-bond donors (Lipinski definition) is 0. The number of fused-ring (bicyclic) bond motifs is 13. The number of hydrogen-bond acceptors (Lipinski definition) is 4. The Morgan fingerprint density at radius 1 is 0.424 bits per heavy atom. The normalized spacial score (nSPS) is 13.8. The van der Waals surface area contributed by atoms with Gasteiger partial charge in [0.05, 0.1) is 5.41 Å². The minimum absolute atomic E-state index is 0. The summed E-state index contributed by atoms with van der Waals surface area (Å²) in [4.78, 5) is 9.77. The van der Waals surface area contributed by atoms with Gasteiger partial charge in [-0.1, -0.05) is 244 Å². The van der Waals surface area contributed by atoms with Gasteiger partial charge in [0.15, 0.2) is 0 Å². The number of ether oxygens (including phenoxy) is 1. The van der Waals surface area contributed by atoms with Crippen LogP contribution in [0.4, 0.5) is 22.7 Å². The summed E-state index contributed by atoms with van der Waals surface area (Å²) in [7, 11) is 0. The number of pyridine rings is 1. The average molecular weight is 1370 g/mol. The zero-order valence-electron chi connectivity index (χ0n) is 53.5. The van der Waals surface area contributed by atoms with Crippen LogP contribution < -0.4 is 14.5 Å². The molecule has 0 amide bonds. The number of aromatic nitrogens is 2. The molecule has 16 rings (SSSR count). The van der Waals surface area contributed by atoms with E-state index in [0.29, 0.717) is 11.5 Å². The van der Waals surface area contributed by atoms with Gasteiger partial charge in [-0.3, -0.25) is 0 Å². The van der Waals surface area contributed by atoms with Crippen molar-refractivity contribution in [1.29, 1.82) is 0 Å². The second-order valence-electron chi connectivity index (χ2n) is 28.1. The average Bonchev–Trinajstić information content (AvgIpc) is 1.49. The standard InChI is InChI=1S/C86H71N4O.Pt/c1-83(2,3)61-40-36-55(37-41-61)59-39-45-81(87-53-59)90-77-33-17-13-27-70(77)71-43-42-66(52-80(71)90)91-65-25-20-24-64(51-65)88-54-89(79-35-19-18-34-78(79)88)82-67(28-21-29-68(82)60-47-62(84(4,5)6)50-63(48-60)85(7,8)9)56-38-44-76-72(49-56)69-26-12-16-32-75(69)86(76)73-30-14-10-22-57(73)46-58-23-11-15-31-74(58)86;/h10-45,47-50,53-54H,46H2,1-9H3;/q-3;. The molecule has 92 heavy (non-hydrogen) atoms.